The van der Waals surface area contributed by atoms with Gasteiger partial charge in [0.15, 0.2) is 0 Å². The standard InChI is InChI=1S/C7H11F3O3/c1-5(11)13-4-6(12-2)3-7(8,9)10/h6H,3-4H2,1-2H3/t6-/m1/s1. The van der Waals surface area contributed by atoms with Gasteiger partial charge in [-0.15, -0.1) is 0 Å². The number of carbonyl (C=O) groups is 1. The summed E-state index contributed by atoms with van der Waals surface area (Å²) < 4.78 is 44.2. The fourth-order valence-electron chi connectivity index (χ4n) is 0.679. The maximum Gasteiger partial charge on any atom is 0.391 e. The minimum absolute atomic E-state index is 0.370. The van der Waals surface area contributed by atoms with E-state index in [1.54, 1.807) is 0 Å². The Labute approximate surface area is 73.8 Å². The topological polar surface area (TPSA) is 35.5 Å². The van der Waals surface area contributed by atoms with Gasteiger partial charge in [0, 0.05) is 14.0 Å². The van der Waals surface area contributed by atoms with Gasteiger partial charge in [-0.3, -0.25) is 4.79 Å². The number of alkyl halides is 3. The Kier molecular flexibility index (Phi) is 4.76. The first kappa shape index (κ1) is 12.2. The quantitative estimate of drug-likeness (QED) is 0.645. The van der Waals surface area contributed by atoms with E-state index in [2.05, 4.69) is 9.47 Å². The van der Waals surface area contributed by atoms with Crippen molar-refractivity contribution in [2.45, 2.75) is 25.6 Å². The van der Waals surface area contributed by atoms with Gasteiger partial charge in [0.25, 0.3) is 0 Å². The molecule has 1 atom stereocenters. The third-order valence-electron chi connectivity index (χ3n) is 1.26. The lowest BCUT2D eigenvalue weighted by atomic mass is 10.2. The van der Waals surface area contributed by atoms with E-state index in [0.29, 0.717) is 0 Å². The van der Waals surface area contributed by atoms with Gasteiger partial charge < -0.3 is 9.47 Å². The lowest BCUT2D eigenvalue weighted by Crippen LogP contribution is -2.26. The number of halogens is 3. The Morgan fingerprint density at radius 2 is 2.00 bits per heavy atom. The first-order valence-electron chi connectivity index (χ1n) is 3.58. The molecule has 0 aliphatic heterocycles. The number of hydrogen-bond donors (Lipinski definition) is 0. The molecule has 0 unspecified atom stereocenters. The molecule has 0 heterocycles. The Bertz CT molecular complexity index is 167. The minimum Gasteiger partial charge on any atom is -0.463 e. The molecule has 0 saturated heterocycles. The molecule has 0 aliphatic rings. The summed E-state index contributed by atoms with van der Waals surface area (Å²) in [6, 6.07) is 0. The van der Waals surface area contributed by atoms with Crippen molar-refractivity contribution in [3.63, 3.8) is 0 Å². The molecule has 0 aromatic carbocycles. The van der Waals surface area contributed by atoms with Crippen molar-refractivity contribution >= 4 is 5.97 Å². The van der Waals surface area contributed by atoms with Gasteiger partial charge in [-0.2, -0.15) is 13.2 Å². The number of ether oxygens (including phenoxy) is 2. The van der Waals surface area contributed by atoms with Gasteiger partial charge in [-0.05, 0) is 0 Å². The highest BCUT2D eigenvalue weighted by atomic mass is 19.4. The summed E-state index contributed by atoms with van der Waals surface area (Å²) in [6.45, 7) is 0.756. The highest BCUT2D eigenvalue weighted by molar-refractivity contribution is 5.65. The fourth-order valence-corrected chi connectivity index (χ4v) is 0.679. The average molecular weight is 200 g/mol. The molecule has 0 N–H and O–H groups in total. The number of carbonyl (C=O) groups excluding carboxylic acids is 1. The maximum absolute atomic E-state index is 11.8. The molecular formula is C7H11F3O3. The lowest BCUT2D eigenvalue weighted by molar-refractivity contribution is -0.169. The smallest absolute Gasteiger partial charge is 0.391 e. The van der Waals surface area contributed by atoms with Crippen LogP contribution >= 0.6 is 0 Å². The van der Waals surface area contributed by atoms with Crippen LogP contribution in [0.4, 0.5) is 13.2 Å². The number of esters is 1. The maximum atomic E-state index is 11.8. The summed E-state index contributed by atoms with van der Waals surface area (Å²) in [5, 5.41) is 0. The predicted molar refractivity (Wildman–Crippen MR) is 38.1 cm³/mol. The zero-order valence-corrected chi connectivity index (χ0v) is 7.35. The highest BCUT2D eigenvalue weighted by Crippen LogP contribution is 2.22. The van der Waals surface area contributed by atoms with Crippen LogP contribution in [0.5, 0.6) is 0 Å². The van der Waals surface area contributed by atoms with Crippen LogP contribution in [0.2, 0.25) is 0 Å². The van der Waals surface area contributed by atoms with E-state index >= 15 is 0 Å². The minimum atomic E-state index is -4.30. The van der Waals surface area contributed by atoms with E-state index in [9.17, 15) is 18.0 Å². The molecule has 0 radical (unpaired) electrons. The second kappa shape index (κ2) is 5.06. The molecule has 78 valence electrons. The zero-order valence-electron chi connectivity index (χ0n) is 7.35. The molecule has 0 fully saturated rings. The molecule has 0 aromatic heterocycles. The molecule has 6 heteroatoms. The van der Waals surface area contributed by atoms with Crippen LogP contribution in [0.1, 0.15) is 13.3 Å². The van der Waals surface area contributed by atoms with Gasteiger partial charge in [0.1, 0.15) is 6.61 Å². The van der Waals surface area contributed by atoms with Crippen molar-refractivity contribution in [2.75, 3.05) is 13.7 Å². The molecule has 0 amide bonds. The molecule has 13 heavy (non-hydrogen) atoms. The SMILES string of the molecule is CO[C@@H](COC(C)=O)CC(F)(F)F. The van der Waals surface area contributed by atoms with Crippen LogP contribution in [0, 0.1) is 0 Å². The molecule has 0 saturated carbocycles. The van der Waals surface area contributed by atoms with E-state index < -0.39 is 24.7 Å². The molecule has 0 aliphatic carbocycles. The normalized spacial score (nSPS) is 13.9. The molecule has 0 aromatic rings. The summed E-state index contributed by atoms with van der Waals surface area (Å²) >= 11 is 0. The Morgan fingerprint density at radius 1 is 1.46 bits per heavy atom. The Hall–Kier alpha value is -0.780. The number of hydrogen-bond acceptors (Lipinski definition) is 3. The Morgan fingerprint density at radius 3 is 2.31 bits per heavy atom. The van der Waals surface area contributed by atoms with Gasteiger partial charge in [-0.25, -0.2) is 0 Å². The molecule has 0 rings (SSSR count). The number of rotatable bonds is 4. The van der Waals surface area contributed by atoms with Crippen LogP contribution in [0.3, 0.4) is 0 Å². The van der Waals surface area contributed by atoms with Crippen LogP contribution < -0.4 is 0 Å². The largest absolute Gasteiger partial charge is 0.463 e. The van der Waals surface area contributed by atoms with Crippen molar-refractivity contribution in [1.29, 1.82) is 0 Å². The van der Waals surface area contributed by atoms with E-state index in [0.717, 1.165) is 14.0 Å². The first-order chi connectivity index (χ1) is 5.85. The molecule has 0 spiro atoms. The second-order valence-corrected chi connectivity index (χ2v) is 2.48. The van der Waals surface area contributed by atoms with Gasteiger partial charge in [0.05, 0.1) is 12.5 Å². The van der Waals surface area contributed by atoms with E-state index in [1.807, 2.05) is 0 Å². The summed E-state index contributed by atoms with van der Waals surface area (Å²) in [7, 11) is 1.14. The summed E-state index contributed by atoms with van der Waals surface area (Å²) in [6.07, 6.45) is -6.54. The third kappa shape index (κ3) is 7.58. The highest BCUT2D eigenvalue weighted by Gasteiger charge is 2.32. The van der Waals surface area contributed by atoms with Gasteiger partial charge in [0.2, 0.25) is 0 Å². The van der Waals surface area contributed by atoms with Crippen LogP contribution in [0.15, 0.2) is 0 Å². The average Bonchev–Trinajstić information content (AvgIpc) is 1.95. The zero-order chi connectivity index (χ0) is 10.5. The second-order valence-electron chi connectivity index (χ2n) is 2.48. The molecule has 0 bridgehead atoms. The first-order valence-corrected chi connectivity index (χ1v) is 3.58. The summed E-state index contributed by atoms with van der Waals surface area (Å²) in [5.74, 6) is -0.621. The van der Waals surface area contributed by atoms with Crippen molar-refractivity contribution < 1.29 is 27.4 Å². The van der Waals surface area contributed by atoms with Crippen LogP contribution in [-0.2, 0) is 14.3 Å². The van der Waals surface area contributed by atoms with Crippen molar-refractivity contribution in [1.82, 2.24) is 0 Å². The Balaban J connectivity index is 3.83. The van der Waals surface area contributed by atoms with E-state index in [1.165, 1.54) is 0 Å². The monoisotopic (exact) mass is 200 g/mol. The van der Waals surface area contributed by atoms with E-state index in [-0.39, 0.29) is 6.61 Å². The van der Waals surface area contributed by atoms with E-state index in [4.69, 9.17) is 0 Å². The van der Waals surface area contributed by atoms with Gasteiger partial charge >= 0.3 is 12.1 Å². The van der Waals surface area contributed by atoms with Crippen molar-refractivity contribution in [2.24, 2.45) is 0 Å². The van der Waals surface area contributed by atoms with Crippen LogP contribution in [-0.4, -0.2) is 32.0 Å². The lowest BCUT2D eigenvalue weighted by Gasteiger charge is -2.16. The molecule has 3 nitrogen and oxygen atoms in total. The van der Waals surface area contributed by atoms with Crippen LogP contribution in [0.25, 0.3) is 0 Å². The fraction of sp³-hybridized carbons (Fsp3) is 0.857. The predicted octanol–water partition coefficient (Wildman–Crippen LogP) is 1.52. The van der Waals surface area contributed by atoms with Crippen molar-refractivity contribution in [3.05, 3.63) is 0 Å². The summed E-state index contributed by atoms with van der Waals surface area (Å²) in [4.78, 5) is 10.3. The van der Waals surface area contributed by atoms with Gasteiger partial charge in [-0.1, -0.05) is 0 Å². The van der Waals surface area contributed by atoms with Crippen molar-refractivity contribution in [3.8, 4) is 0 Å². The summed E-state index contributed by atoms with van der Waals surface area (Å²) in [5.41, 5.74) is 0. The number of methoxy groups -OCH3 is 1. The molecular weight excluding hydrogens is 189 g/mol. The third-order valence-corrected chi connectivity index (χ3v) is 1.26.